The molecule has 2 N–H and O–H groups in total. The van der Waals surface area contributed by atoms with Gasteiger partial charge < -0.3 is 10.6 Å². The minimum atomic E-state index is 0.458. The molecule has 1 rings (SSSR count). The Morgan fingerprint density at radius 3 is 2.47 bits per heavy atom. The van der Waals surface area contributed by atoms with Gasteiger partial charge in [-0.15, -0.1) is 0 Å². The van der Waals surface area contributed by atoms with Crippen molar-refractivity contribution in [2.75, 3.05) is 23.7 Å². The van der Waals surface area contributed by atoms with Gasteiger partial charge in [0.2, 0.25) is 0 Å². The van der Waals surface area contributed by atoms with Crippen LogP contribution in [0.3, 0.4) is 0 Å². The zero-order valence-corrected chi connectivity index (χ0v) is 9.97. The summed E-state index contributed by atoms with van der Waals surface area (Å²) in [4.78, 5) is 6.20. The van der Waals surface area contributed by atoms with Crippen LogP contribution >= 0.6 is 11.3 Å². The van der Waals surface area contributed by atoms with Crippen LogP contribution in [0.25, 0.3) is 0 Å². The molecule has 0 spiro atoms. The molecular weight excluding hydrogens is 208 g/mol. The fraction of sp³-hybridized carbons (Fsp3) is 0.600. The lowest BCUT2D eigenvalue weighted by atomic mass is 10.3. The summed E-state index contributed by atoms with van der Waals surface area (Å²) in [7, 11) is 0. The van der Waals surface area contributed by atoms with Crippen molar-refractivity contribution in [3.05, 3.63) is 5.69 Å². The lowest BCUT2D eigenvalue weighted by Gasteiger charge is -2.21. The molecule has 0 aliphatic heterocycles. The van der Waals surface area contributed by atoms with Crippen LogP contribution in [0.2, 0.25) is 0 Å². The average Bonchev–Trinajstić information content (AvgIpc) is 2.59. The molecule has 1 aromatic rings. The molecule has 4 nitrogen and oxygen atoms in total. The molecule has 0 aromatic carbocycles. The van der Waals surface area contributed by atoms with E-state index in [4.69, 9.17) is 11.0 Å². The second-order valence-electron chi connectivity index (χ2n) is 3.30. The molecule has 0 amide bonds. The van der Waals surface area contributed by atoms with Crippen LogP contribution in [0.4, 0.5) is 10.1 Å². The van der Waals surface area contributed by atoms with E-state index in [0.717, 1.165) is 30.9 Å². The maximum absolute atomic E-state index is 8.93. The van der Waals surface area contributed by atoms with Crippen molar-refractivity contribution in [3.8, 4) is 6.07 Å². The van der Waals surface area contributed by atoms with E-state index in [1.807, 2.05) is 0 Å². The highest BCUT2D eigenvalue weighted by Gasteiger charge is 2.14. The van der Waals surface area contributed by atoms with Gasteiger partial charge in [0.1, 0.15) is 11.1 Å². The molecular formula is C10H16N4S. The van der Waals surface area contributed by atoms with E-state index in [0.29, 0.717) is 10.8 Å². The molecule has 0 fully saturated rings. The number of aromatic nitrogens is 1. The van der Waals surface area contributed by atoms with Crippen LogP contribution < -0.4 is 10.6 Å². The van der Waals surface area contributed by atoms with E-state index in [-0.39, 0.29) is 0 Å². The van der Waals surface area contributed by atoms with Gasteiger partial charge in [0.05, 0.1) is 0 Å². The highest BCUT2D eigenvalue weighted by molar-refractivity contribution is 7.19. The van der Waals surface area contributed by atoms with Crippen LogP contribution in [0.5, 0.6) is 0 Å². The summed E-state index contributed by atoms with van der Waals surface area (Å²) in [5, 5.41) is 10.3. The number of thiazole rings is 1. The van der Waals surface area contributed by atoms with Crippen LogP contribution in [-0.2, 0) is 0 Å². The predicted molar refractivity (Wildman–Crippen MR) is 64.0 cm³/mol. The minimum absolute atomic E-state index is 0.458. The lowest BCUT2D eigenvalue weighted by Crippen LogP contribution is -2.24. The number of nitrogens with two attached hydrogens (primary N) is 1. The largest absolute Gasteiger partial charge is 0.375 e. The average molecular weight is 224 g/mol. The van der Waals surface area contributed by atoms with Gasteiger partial charge in [0, 0.05) is 13.1 Å². The van der Waals surface area contributed by atoms with Gasteiger partial charge in [0.15, 0.2) is 10.8 Å². The maximum atomic E-state index is 8.93. The van der Waals surface area contributed by atoms with Crippen molar-refractivity contribution in [2.45, 2.75) is 26.7 Å². The van der Waals surface area contributed by atoms with E-state index in [1.165, 1.54) is 11.3 Å². The monoisotopic (exact) mass is 224 g/mol. The van der Waals surface area contributed by atoms with Gasteiger partial charge in [-0.2, -0.15) is 5.26 Å². The number of hydrogen-bond acceptors (Lipinski definition) is 5. The summed E-state index contributed by atoms with van der Waals surface area (Å²) < 4.78 is 0. The van der Waals surface area contributed by atoms with Crippen molar-refractivity contribution in [1.82, 2.24) is 4.98 Å². The van der Waals surface area contributed by atoms with Gasteiger partial charge >= 0.3 is 0 Å². The first-order valence-corrected chi connectivity index (χ1v) is 5.95. The van der Waals surface area contributed by atoms with Gasteiger partial charge in [-0.1, -0.05) is 25.2 Å². The molecule has 0 aliphatic carbocycles. The highest BCUT2D eigenvalue weighted by atomic mass is 32.1. The molecule has 15 heavy (non-hydrogen) atoms. The Morgan fingerprint density at radius 1 is 1.40 bits per heavy atom. The van der Waals surface area contributed by atoms with Gasteiger partial charge in [-0.3, -0.25) is 0 Å². The fourth-order valence-corrected chi connectivity index (χ4v) is 2.30. The minimum Gasteiger partial charge on any atom is -0.375 e. The summed E-state index contributed by atoms with van der Waals surface area (Å²) >= 11 is 1.40. The quantitative estimate of drug-likeness (QED) is 0.832. The number of hydrogen-bond donors (Lipinski definition) is 1. The summed E-state index contributed by atoms with van der Waals surface area (Å²) in [6.07, 6.45) is 2.12. The molecule has 1 heterocycles. The third kappa shape index (κ3) is 2.83. The Morgan fingerprint density at radius 2 is 2.00 bits per heavy atom. The van der Waals surface area contributed by atoms with E-state index in [1.54, 1.807) is 0 Å². The van der Waals surface area contributed by atoms with Crippen LogP contribution in [0, 0.1) is 11.3 Å². The van der Waals surface area contributed by atoms with Crippen molar-refractivity contribution < 1.29 is 0 Å². The van der Waals surface area contributed by atoms with E-state index >= 15 is 0 Å². The van der Waals surface area contributed by atoms with Crippen LogP contribution in [0.15, 0.2) is 0 Å². The molecule has 0 atom stereocenters. The summed E-state index contributed by atoms with van der Waals surface area (Å²) in [5.74, 6) is 0. The molecule has 0 unspecified atom stereocenters. The normalized spacial score (nSPS) is 9.93. The second kappa shape index (κ2) is 5.56. The maximum Gasteiger partial charge on any atom is 0.183 e. The Kier molecular flexibility index (Phi) is 4.37. The second-order valence-corrected chi connectivity index (χ2v) is 4.31. The zero-order chi connectivity index (χ0) is 11.3. The standard InChI is InChI=1S/C10H16N4S/c1-3-5-14(6-4-2)9-8(7-11)13-10(12)15-9/h3-6H2,1-2H3,(H2,12,13). The van der Waals surface area contributed by atoms with Gasteiger partial charge in [-0.05, 0) is 12.8 Å². The molecule has 0 bridgehead atoms. The van der Waals surface area contributed by atoms with E-state index < -0.39 is 0 Å². The molecule has 0 radical (unpaired) electrons. The molecule has 0 saturated heterocycles. The van der Waals surface area contributed by atoms with Crippen molar-refractivity contribution in [2.24, 2.45) is 0 Å². The number of anilines is 2. The number of rotatable bonds is 5. The van der Waals surface area contributed by atoms with Crippen LogP contribution in [0.1, 0.15) is 32.4 Å². The molecule has 0 aliphatic rings. The van der Waals surface area contributed by atoms with Crippen molar-refractivity contribution in [3.63, 3.8) is 0 Å². The molecule has 5 heteroatoms. The zero-order valence-electron chi connectivity index (χ0n) is 9.16. The van der Waals surface area contributed by atoms with Crippen LogP contribution in [-0.4, -0.2) is 18.1 Å². The van der Waals surface area contributed by atoms with Gasteiger partial charge in [0.25, 0.3) is 0 Å². The molecule has 82 valence electrons. The summed E-state index contributed by atoms with van der Waals surface area (Å²) in [5.41, 5.74) is 6.07. The Labute approximate surface area is 94.3 Å². The number of nitrogen functional groups attached to an aromatic ring is 1. The topological polar surface area (TPSA) is 65.9 Å². The first-order valence-electron chi connectivity index (χ1n) is 5.14. The molecule has 1 aromatic heterocycles. The summed E-state index contributed by atoms with van der Waals surface area (Å²) in [6, 6.07) is 2.09. The van der Waals surface area contributed by atoms with Gasteiger partial charge in [-0.25, -0.2) is 4.98 Å². The van der Waals surface area contributed by atoms with E-state index in [9.17, 15) is 0 Å². The van der Waals surface area contributed by atoms with E-state index in [2.05, 4.69) is 29.8 Å². The number of nitriles is 1. The predicted octanol–water partition coefficient (Wildman–Crippen LogP) is 2.22. The first kappa shape index (κ1) is 11.8. The number of nitrogens with zero attached hydrogens (tertiary/aromatic N) is 3. The van der Waals surface area contributed by atoms with Crippen molar-refractivity contribution >= 4 is 21.5 Å². The third-order valence-corrected chi connectivity index (χ3v) is 2.95. The third-order valence-electron chi connectivity index (χ3n) is 2.01. The Balaban J connectivity index is 2.94. The Bertz CT molecular complexity index is 347. The highest BCUT2D eigenvalue weighted by Crippen LogP contribution is 2.29. The fourth-order valence-electron chi connectivity index (χ4n) is 1.47. The lowest BCUT2D eigenvalue weighted by molar-refractivity contribution is 0.749. The SMILES string of the molecule is CCCN(CCC)c1sc(N)nc1C#N. The smallest absolute Gasteiger partial charge is 0.183 e. The first-order chi connectivity index (χ1) is 7.22. The van der Waals surface area contributed by atoms with Crippen molar-refractivity contribution in [1.29, 1.82) is 5.26 Å². The molecule has 0 saturated carbocycles. The summed E-state index contributed by atoms with van der Waals surface area (Å²) in [6.45, 7) is 6.15. The Hall–Kier alpha value is -1.28.